The van der Waals surface area contributed by atoms with E-state index in [9.17, 15) is 4.79 Å². The number of hydrogen-bond acceptors (Lipinski definition) is 1. The summed E-state index contributed by atoms with van der Waals surface area (Å²) >= 11 is 0. The van der Waals surface area contributed by atoms with E-state index < -0.39 is 0 Å². The molecule has 6 heteroatoms. The van der Waals surface area contributed by atoms with Crippen molar-refractivity contribution in [3.63, 3.8) is 0 Å². The third-order valence-electron chi connectivity index (χ3n) is 7.11. The minimum Gasteiger partial charge on any atom is -1.00 e. The van der Waals surface area contributed by atoms with E-state index in [-0.39, 0.29) is 30.7 Å². The highest BCUT2D eigenvalue weighted by atomic mass is 35.5. The molecule has 4 nitrogen and oxygen atoms in total. The average Bonchev–Trinajstić information content (AvgIpc) is 3.17. The van der Waals surface area contributed by atoms with Crippen molar-refractivity contribution in [3.8, 4) is 0 Å². The van der Waals surface area contributed by atoms with Gasteiger partial charge in [-0.2, -0.15) is 0 Å². The van der Waals surface area contributed by atoms with E-state index >= 15 is 0 Å². The Bertz CT molecular complexity index is 1000. The van der Waals surface area contributed by atoms with Gasteiger partial charge in [-0.1, -0.05) is 78.9 Å². The predicted molar refractivity (Wildman–Crippen MR) is 128 cm³/mol. The van der Waals surface area contributed by atoms with Crippen LogP contribution in [0.1, 0.15) is 29.2 Å². The van der Waals surface area contributed by atoms with Gasteiger partial charge in [0.05, 0.1) is 13.0 Å². The summed E-state index contributed by atoms with van der Waals surface area (Å²) in [6.07, 6.45) is 1.62. The summed E-state index contributed by atoms with van der Waals surface area (Å²) in [5.41, 5.74) is 5.11. The number of quaternary nitrogens is 2. The van der Waals surface area contributed by atoms with E-state index in [0.29, 0.717) is 12.5 Å². The van der Waals surface area contributed by atoms with E-state index in [1.54, 1.807) is 9.80 Å². The minimum absolute atomic E-state index is 0. The van der Waals surface area contributed by atoms with Crippen molar-refractivity contribution in [1.82, 2.24) is 0 Å². The first-order valence-electron chi connectivity index (χ1n) is 12.0. The van der Waals surface area contributed by atoms with E-state index in [1.807, 2.05) is 17.0 Å². The van der Waals surface area contributed by atoms with Crippen LogP contribution in [0.3, 0.4) is 0 Å². The van der Waals surface area contributed by atoms with Crippen molar-refractivity contribution in [2.45, 2.75) is 18.9 Å². The monoisotopic (exact) mass is 497 g/mol. The van der Waals surface area contributed by atoms with Crippen molar-refractivity contribution < 1.29 is 39.4 Å². The summed E-state index contributed by atoms with van der Waals surface area (Å²) < 4.78 is 0. The van der Waals surface area contributed by atoms with E-state index in [1.165, 1.54) is 42.9 Å². The summed E-state index contributed by atoms with van der Waals surface area (Å²) in [5.74, 6) is 0.254. The highest BCUT2D eigenvalue weighted by Gasteiger charge is 2.32. The highest BCUT2D eigenvalue weighted by Crippen LogP contribution is 2.28. The molecule has 0 saturated carbocycles. The molecule has 2 aliphatic heterocycles. The number of benzene rings is 3. The van der Waals surface area contributed by atoms with Crippen LogP contribution in [0.15, 0.2) is 84.9 Å². The van der Waals surface area contributed by atoms with Gasteiger partial charge in [0, 0.05) is 29.8 Å². The fraction of sp³-hybridized carbons (Fsp3) is 0.321. The number of rotatable bonds is 7. The molecule has 0 spiro atoms. The van der Waals surface area contributed by atoms with Gasteiger partial charge in [-0.05, 0) is 11.6 Å². The maximum atomic E-state index is 12.4. The molecule has 1 fully saturated rings. The van der Waals surface area contributed by atoms with Gasteiger partial charge in [-0.3, -0.25) is 4.79 Å². The molecular formula is C28H33Cl2N3O. The van der Waals surface area contributed by atoms with Crippen molar-refractivity contribution in [2.24, 2.45) is 0 Å². The zero-order valence-electron chi connectivity index (χ0n) is 19.4. The summed E-state index contributed by atoms with van der Waals surface area (Å²) in [6, 6.07) is 30.6. The van der Waals surface area contributed by atoms with Gasteiger partial charge in [-0.15, -0.1) is 0 Å². The number of carbonyl (C=O) groups excluding carboxylic acids is 1. The number of nitrogens with zero attached hydrogens (tertiary/aromatic N) is 1. The molecule has 5 rings (SSSR count). The summed E-state index contributed by atoms with van der Waals surface area (Å²) in [4.78, 5) is 17.8. The molecule has 0 atom stereocenters. The Morgan fingerprint density at radius 1 is 0.735 bits per heavy atom. The number of halogens is 2. The molecule has 2 aliphatic rings. The van der Waals surface area contributed by atoms with Gasteiger partial charge in [0.15, 0.2) is 0 Å². The highest BCUT2D eigenvalue weighted by molar-refractivity contribution is 6.01. The first kappa shape index (κ1) is 26.2. The van der Waals surface area contributed by atoms with E-state index in [4.69, 9.17) is 0 Å². The fourth-order valence-corrected chi connectivity index (χ4v) is 5.47. The number of hydrogen-bond donors (Lipinski definition) is 2. The van der Waals surface area contributed by atoms with E-state index in [2.05, 4.69) is 72.8 Å². The molecule has 0 bridgehead atoms. The van der Waals surface area contributed by atoms with Crippen LogP contribution in [0.5, 0.6) is 0 Å². The SMILES string of the molecule is O=C1Cc2ccccc2N1CCC[NH+]1CC[NH+](C(c2ccccc2)c2ccccc2)CC1.[Cl-].[Cl-]. The van der Waals surface area contributed by atoms with Crippen molar-refractivity contribution in [2.75, 3.05) is 44.2 Å². The number of nitrogens with one attached hydrogen (secondary N) is 2. The van der Waals surface area contributed by atoms with Gasteiger partial charge in [0.2, 0.25) is 5.91 Å². The Morgan fingerprint density at radius 3 is 1.91 bits per heavy atom. The number of amides is 1. The zero-order chi connectivity index (χ0) is 21.8. The Labute approximate surface area is 215 Å². The summed E-state index contributed by atoms with van der Waals surface area (Å²) in [7, 11) is 0. The molecule has 0 aliphatic carbocycles. The van der Waals surface area contributed by atoms with Crippen LogP contribution in [-0.2, 0) is 11.2 Å². The van der Waals surface area contributed by atoms with Gasteiger partial charge in [0.25, 0.3) is 0 Å². The van der Waals surface area contributed by atoms with Gasteiger partial charge in [0.1, 0.15) is 32.2 Å². The Balaban J connectivity index is 0.00000162. The topological polar surface area (TPSA) is 29.2 Å². The molecule has 3 aromatic rings. The van der Waals surface area contributed by atoms with Crippen molar-refractivity contribution >= 4 is 11.6 Å². The molecule has 1 amide bonds. The Hall–Kier alpha value is -2.37. The molecule has 2 heterocycles. The zero-order valence-corrected chi connectivity index (χ0v) is 20.9. The molecule has 0 radical (unpaired) electrons. The number of fused-ring (bicyclic) bond motifs is 1. The molecule has 1 saturated heterocycles. The minimum atomic E-state index is 0. The molecule has 0 unspecified atom stereocenters. The van der Waals surface area contributed by atoms with Gasteiger partial charge in [-0.25, -0.2) is 0 Å². The molecule has 34 heavy (non-hydrogen) atoms. The van der Waals surface area contributed by atoms with Crippen LogP contribution in [0.4, 0.5) is 5.69 Å². The maximum Gasteiger partial charge on any atom is 0.231 e. The number of piperazine rings is 1. The number of para-hydroxylation sites is 1. The van der Waals surface area contributed by atoms with Crippen LogP contribution in [-0.4, -0.2) is 45.2 Å². The summed E-state index contributed by atoms with van der Waals surface area (Å²) in [6.45, 7) is 6.71. The molecule has 180 valence electrons. The fourth-order valence-electron chi connectivity index (χ4n) is 5.47. The van der Waals surface area contributed by atoms with Crippen LogP contribution in [0.25, 0.3) is 0 Å². The first-order valence-corrected chi connectivity index (χ1v) is 12.0. The lowest BCUT2D eigenvalue weighted by Crippen LogP contribution is -3.28. The predicted octanol–water partition coefficient (Wildman–Crippen LogP) is -4.45. The molecular weight excluding hydrogens is 465 g/mol. The van der Waals surface area contributed by atoms with E-state index in [0.717, 1.165) is 25.2 Å². The van der Waals surface area contributed by atoms with Crippen LogP contribution < -0.4 is 39.5 Å². The molecule has 0 aromatic heterocycles. The number of anilines is 1. The average molecular weight is 498 g/mol. The maximum absolute atomic E-state index is 12.4. The van der Waals surface area contributed by atoms with Crippen LogP contribution >= 0.6 is 0 Å². The smallest absolute Gasteiger partial charge is 0.231 e. The van der Waals surface area contributed by atoms with Crippen LogP contribution in [0.2, 0.25) is 0 Å². The number of carbonyl (C=O) groups is 1. The molecule has 3 aromatic carbocycles. The summed E-state index contributed by atoms with van der Waals surface area (Å²) in [5, 5.41) is 0. The second kappa shape index (κ2) is 12.4. The quantitative estimate of drug-likeness (QED) is 0.339. The van der Waals surface area contributed by atoms with Crippen molar-refractivity contribution in [3.05, 3.63) is 102 Å². The van der Waals surface area contributed by atoms with Gasteiger partial charge < -0.3 is 39.5 Å². The lowest BCUT2D eigenvalue weighted by molar-refractivity contribution is -1.02. The normalized spacial score (nSPS) is 19.3. The Morgan fingerprint density at radius 2 is 1.29 bits per heavy atom. The molecule has 2 N–H and O–H groups in total. The van der Waals surface area contributed by atoms with Gasteiger partial charge >= 0.3 is 0 Å². The third-order valence-corrected chi connectivity index (χ3v) is 7.11. The second-order valence-corrected chi connectivity index (χ2v) is 9.12. The first-order chi connectivity index (χ1) is 15.8. The largest absolute Gasteiger partial charge is 1.00 e. The lowest BCUT2D eigenvalue weighted by Gasteiger charge is -2.35. The second-order valence-electron chi connectivity index (χ2n) is 9.12. The third kappa shape index (κ3) is 5.81. The van der Waals surface area contributed by atoms with Crippen LogP contribution in [0, 0.1) is 0 Å². The lowest BCUT2D eigenvalue weighted by atomic mass is 9.96. The standard InChI is InChI=1S/C28H31N3O.2ClH/c32-27-22-25-14-7-8-15-26(25)31(27)17-9-16-29-18-20-30(21-19-29)28(23-10-3-1-4-11-23)24-12-5-2-6-13-24;;/h1-8,10-15,28H,9,16-22H2;2*1H. The Kier molecular flexibility index (Phi) is 9.54. The van der Waals surface area contributed by atoms with Crippen molar-refractivity contribution in [1.29, 1.82) is 0 Å².